The highest BCUT2D eigenvalue weighted by molar-refractivity contribution is 5.89. The molecule has 130 valence electrons. The van der Waals surface area contributed by atoms with Crippen molar-refractivity contribution >= 4 is 11.7 Å². The molecule has 0 fully saturated rings. The van der Waals surface area contributed by atoms with Crippen LogP contribution in [0, 0.1) is 0 Å². The number of anilines is 1. The Morgan fingerprint density at radius 3 is 3.04 bits per heavy atom. The van der Waals surface area contributed by atoms with Gasteiger partial charge in [-0.05, 0) is 17.7 Å². The van der Waals surface area contributed by atoms with Crippen molar-refractivity contribution < 1.29 is 9.32 Å². The summed E-state index contributed by atoms with van der Waals surface area (Å²) in [5, 5.41) is 13.5. The Kier molecular flexibility index (Phi) is 5.35. The molecule has 2 N–H and O–H groups in total. The van der Waals surface area contributed by atoms with Gasteiger partial charge >= 0.3 is 6.03 Å². The lowest BCUT2D eigenvalue weighted by atomic mass is 10.2. The number of amides is 2. The zero-order chi connectivity index (χ0) is 17.5. The van der Waals surface area contributed by atoms with Gasteiger partial charge in [-0.2, -0.15) is 10.1 Å². The molecule has 0 saturated heterocycles. The van der Waals surface area contributed by atoms with Crippen molar-refractivity contribution in [2.24, 2.45) is 0 Å². The molecule has 0 saturated carbocycles. The second-order valence-corrected chi connectivity index (χ2v) is 5.38. The van der Waals surface area contributed by atoms with E-state index in [9.17, 15) is 4.79 Å². The molecule has 2 heterocycles. The zero-order valence-electron chi connectivity index (χ0n) is 13.8. The molecule has 0 bridgehead atoms. The summed E-state index contributed by atoms with van der Waals surface area (Å²) >= 11 is 0. The van der Waals surface area contributed by atoms with Gasteiger partial charge in [0.25, 0.3) is 0 Å². The van der Waals surface area contributed by atoms with Gasteiger partial charge in [0, 0.05) is 25.1 Å². The first-order valence-electron chi connectivity index (χ1n) is 8.00. The summed E-state index contributed by atoms with van der Waals surface area (Å²) in [5.74, 6) is 1.19. The van der Waals surface area contributed by atoms with Gasteiger partial charge < -0.3 is 15.2 Å². The van der Waals surface area contributed by atoms with Gasteiger partial charge in [-0.3, -0.25) is 0 Å². The number of nitrogens with one attached hydrogen (secondary N) is 2. The van der Waals surface area contributed by atoms with E-state index >= 15 is 0 Å². The average molecular weight is 341 g/mol. The standard InChI is InChI=1S/C16H19N7O2/c1-2-15-21-14(22-25-15)6-7-18-16(24)20-13-5-3-4-12(8-13)9-23-11-17-10-19-23/h3-5,8,10-11H,2,6-7,9H2,1H3,(H2,18,20,24). The van der Waals surface area contributed by atoms with Gasteiger partial charge in [-0.1, -0.05) is 24.2 Å². The van der Waals surface area contributed by atoms with Gasteiger partial charge in [0.1, 0.15) is 12.7 Å². The van der Waals surface area contributed by atoms with Crippen LogP contribution in [0.15, 0.2) is 41.4 Å². The van der Waals surface area contributed by atoms with Crippen molar-refractivity contribution in [3.05, 3.63) is 54.2 Å². The Bertz CT molecular complexity index is 814. The number of carbonyl (C=O) groups excluding carboxylic acids is 1. The fourth-order valence-electron chi connectivity index (χ4n) is 2.25. The monoisotopic (exact) mass is 341 g/mol. The molecule has 0 radical (unpaired) electrons. The predicted octanol–water partition coefficient (Wildman–Crippen LogP) is 1.64. The molecule has 1 aromatic carbocycles. The summed E-state index contributed by atoms with van der Waals surface area (Å²) in [6.07, 6.45) is 4.35. The number of benzene rings is 1. The average Bonchev–Trinajstić information content (AvgIpc) is 3.27. The second kappa shape index (κ2) is 8.04. The molecular weight excluding hydrogens is 322 g/mol. The Hall–Kier alpha value is -3.23. The Morgan fingerprint density at radius 2 is 2.28 bits per heavy atom. The van der Waals surface area contributed by atoms with Crippen LogP contribution in [0.4, 0.5) is 10.5 Å². The fourth-order valence-corrected chi connectivity index (χ4v) is 2.25. The van der Waals surface area contributed by atoms with Gasteiger partial charge in [0.15, 0.2) is 5.82 Å². The number of nitrogens with zero attached hydrogens (tertiary/aromatic N) is 5. The van der Waals surface area contributed by atoms with E-state index in [1.54, 1.807) is 11.0 Å². The van der Waals surface area contributed by atoms with E-state index in [4.69, 9.17) is 4.52 Å². The van der Waals surface area contributed by atoms with Crippen LogP contribution in [0.25, 0.3) is 0 Å². The van der Waals surface area contributed by atoms with E-state index in [0.29, 0.717) is 43.3 Å². The Labute approximate surface area is 144 Å². The van der Waals surface area contributed by atoms with Crippen LogP contribution in [-0.4, -0.2) is 37.5 Å². The quantitative estimate of drug-likeness (QED) is 0.676. The predicted molar refractivity (Wildman–Crippen MR) is 90.0 cm³/mol. The summed E-state index contributed by atoms with van der Waals surface area (Å²) in [7, 11) is 0. The normalized spacial score (nSPS) is 10.6. The van der Waals surface area contributed by atoms with Crippen LogP contribution < -0.4 is 10.6 Å². The molecule has 0 aliphatic heterocycles. The third-order valence-electron chi connectivity index (χ3n) is 3.44. The first-order chi connectivity index (χ1) is 12.2. The van der Waals surface area contributed by atoms with Gasteiger partial charge in [-0.15, -0.1) is 0 Å². The molecule has 9 nitrogen and oxygen atoms in total. The molecule has 0 spiro atoms. The Balaban J connectivity index is 1.47. The van der Waals surface area contributed by atoms with Crippen LogP contribution in [0.3, 0.4) is 0 Å². The van der Waals surface area contributed by atoms with Crippen LogP contribution >= 0.6 is 0 Å². The molecule has 25 heavy (non-hydrogen) atoms. The molecule has 2 amide bonds. The number of rotatable bonds is 7. The maximum Gasteiger partial charge on any atom is 0.319 e. The molecule has 0 aliphatic carbocycles. The van der Waals surface area contributed by atoms with E-state index in [2.05, 4.69) is 30.9 Å². The topological polar surface area (TPSA) is 111 Å². The number of hydrogen-bond acceptors (Lipinski definition) is 6. The molecule has 2 aromatic heterocycles. The minimum absolute atomic E-state index is 0.280. The third-order valence-corrected chi connectivity index (χ3v) is 3.44. The van der Waals surface area contributed by atoms with E-state index in [1.807, 2.05) is 31.2 Å². The van der Waals surface area contributed by atoms with Gasteiger partial charge in [0.2, 0.25) is 5.89 Å². The van der Waals surface area contributed by atoms with Crippen molar-refractivity contribution in [1.29, 1.82) is 0 Å². The Morgan fingerprint density at radius 1 is 1.36 bits per heavy atom. The van der Waals surface area contributed by atoms with Crippen molar-refractivity contribution in [2.45, 2.75) is 26.3 Å². The highest BCUT2D eigenvalue weighted by atomic mass is 16.5. The fraction of sp³-hybridized carbons (Fsp3) is 0.312. The van der Waals surface area contributed by atoms with Crippen LogP contribution in [0.5, 0.6) is 0 Å². The van der Waals surface area contributed by atoms with Crippen molar-refractivity contribution in [3.63, 3.8) is 0 Å². The van der Waals surface area contributed by atoms with Crippen molar-refractivity contribution in [2.75, 3.05) is 11.9 Å². The number of urea groups is 1. The van der Waals surface area contributed by atoms with E-state index in [-0.39, 0.29) is 6.03 Å². The van der Waals surface area contributed by atoms with Gasteiger partial charge in [0.05, 0.1) is 6.54 Å². The molecule has 0 atom stereocenters. The number of carbonyl (C=O) groups is 1. The molecule has 0 aliphatic rings. The van der Waals surface area contributed by atoms with E-state index in [0.717, 1.165) is 5.56 Å². The molecular formula is C16H19N7O2. The van der Waals surface area contributed by atoms with Crippen LogP contribution in [-0.2, 0) is 19.4 Å². The summed E-state index contributed by atoms with van der Waals surface area (Å²) < 4.78 is 6.74. The highest BCUT2D eigenvalue weighted by Crippen LogP contribution is 2.11. The molecule has 0 unspecified atom stereocenters. The van der Waals surface area contributed by atoms with Gasteiger partial charge in [-0.25, -0.2) is 14.5 Å². The number of aromatic nitrogens is 5. The third kappa shape index (κ3) is 4.87. The summed E-state index contributed by atoms with van der Waals surface area (Å²) in [6.45, 7) is 2.96. The largest absolute Gasteiger partial charge is 0.339 e. The lowest BCUT2D eigenvalue weighted by Gasteiger charge is -2.08. The summed E-state index contributed by atoms with van der Waals surface area (Å²) in [5.41, 5.74) is 1.73. The summed E-state index contributed by atoms with van der Waals surface area (Å²) in [6, 6.07) is 7.29. The zero-order valence-corrected chi connectivity index (χ0v) is 13.8. The smallest absolute Gasteiger partial charge is 0.319 e. The molecule has 9 heteroatoms. The second-order valence-electron chi connectivity index (χ2n) is 5.38. The van der Waals surface area contributed by atoms with Crippen molar-refractivity contribution in [3.8, 4) is 0 Å². The van der Waals surface area contributed by atoms with E-state index in [1.165, 1.54) is 6.33 Å². The maximum atomic E-state index is 12.0. The summed E-state index contributed by atoms with van der Waals surface area (Å²) in [4.78, 5) is 20.1. The SMILES string of the molecule is CCc1nc(CCNC(=O)Nc2cccc(Cn3cncn3)c2)no1. The minimum Gasteiger partial charge on any atom is -0.339 e. The number of hydrogen-bond donors (Lipinski definition) is 2. The van der Waals surface area contributed by atoms with Crippen molar-refractivity contribution in [1.82, 2.24) is 30.2 Å². The maximum absolute atomic E-state index is 12.0. The minimum atomic E-state index is -0.280. The number of aryl methyl sites for hydroxylation is 1. The highest BCUT2D eigenvalue weighted by Gasteiger charge is 2.06. The van der Waals surface area contributed by atoms with Crippen LogP contribution in [0.1, 0.15) is 24.2 Å². The first-order valence-corrected chi connectivity index (χ1v) is 8.00. The lowest BCUT2D eigenvalue weighted by Crippen LogP contribution is -2.30. The first kappa shape index (κ1) is 16.6. The van der Waals surface area contributed by atoms with E-state index < -0.39 is 0 Å². The lowest BCUT2D eigenvalue weighted by molar-refractivity contribution is 0.252. The molecule has 3 rings (SSSR count). The van der Waals surface area contributed by atoms with Crippen LogP contribution in [0.2, 0.25) is 0 Å². The molecule has 3 aromatic rings.